The van der Waals surface area contributed by atoms with E-state index in [4.69, 9.17) is 0 Å². The highest BCUT2D eigenvalue weighted by molar-refractivity contribution is 5.30. The van der Waals surface area contributed by atoms with Gasteiger partial charge in [0.15, 0.2) is 0 Å². The maximum atomic E-state index is 3.73. The second-order valence-electron chi connectivity index (χ2n) is 6.12. The molecule has 0 aliphatic rings. The Balaban J connectivity index is 2.51. The number of hydrogen-bond acceptors (Lipinski definition) is 1. The summed E-state index contributed by atoms with van der Waals surface area (Å²) in [5.41, 5.74) is 4.30. The topological polar surface area (TPSA) is 12.0 Å². The third-order valence-electron chi connectivity index (χ3n) is 4.14. The molecule has 114 valence electrons. The van der Waals surface area contributed by atoms with Gasteiger partial charge < -0.3 is 5.32 Å². The van der Waals surface area contributed by atoms with Gasteiger partial charge in [-0.05, 0) is 56.3 Å². The molecule has 0 saturated carbocycles. The molecule has 1 nitrogen and oxygen atoms in total. The van der Waals surface area contributed by atoms with Crippen molar-refractivity contribution in [3.05, 3.63) is 34.9 Å². The molecule has 20 heavy (non-hydrogen) atoms. The fourth-order valence-corrected chi connectivity index (χ4v) is 2.66. The molecule has 0 radical (unpaired) electrons. The molecule has 0 heterocycles. The summed E-state index contributed by atoms with van der Waals surface area (Å²) in [7, 11) is 0. The first-order valence-corrected chi connectivity index (χ1v) is 8.46. The fraction of sp³-hybridized carbons (Fsp3) is 0.684. The summed E-state index contributed by atoms with van der Waals surface area (Å²) in [6.45, 7) is 10.1. The Hall–Kier alpha value is -0.820. The van der Waals surface area contributed by atoms with Crippen LogP contribution in [0.15, 0.2) is 18.2 Å². The number of hydrogen-bond donors (Lipinski definition) is 1. The molecule has 0 saturated heterocycles. The van der Waals surface area contributed by atoms with Crippen LogP contribution in [-0.4, -0.2) is 12.6 Å². The van der Waals surface area contributed by atoms with E-state index in [1.807, 2.05) is 0 Å². The maximum Gasteiger partial charge on any atom is 0.0107 e. The SMILES string of the molecule is CCCCCCC(Cc1ccc(C)c(C)c1)NCCC. The molecule has 1 aromatic carbocycles. The van der Waals surface area contributed by atoms with Gasteiger partial charge in [0.2, 0.25) is 0 Å². The average Bonchev–Trinajstić information content (AvgIpc) is 2.44. The Morgan fingerprint density at radius 3 is 2.40 bits per heavy atom. The molecular weight excluding hydrogens is 242 g/mol. The average molecular weight is 275 g/mol. The van der Waals surface area contributed by atoms with E-state index in [9.17, 15) is 0 Å². The van der Waals surface area contributed by atoms with Crippen LogP contribution in [0.3, 0.4) is 0 Å². The third kappa shape index (κ3) is 6.56. The van der Waals surface area contributed by atoms with E-state index in [1.54, 1.807) is 0 Å². The van der Waals surface area contributed by atoms with Gasteiger partial charge in [0.05, 0.1) is 0 Å². The van der Waals surface area contributed by atoms with E-state index >= 15 is 0 Å². The van der Waals surface area contributed by atoms with Gasteiger partial charge in [-0.25, -0.2) is 0 Å². The molecule has 1 atom stereocenters. The molecule has 1 heteroatoms. The minimum absolute atomic E-state index is 0.647. The van der Waals surface area contributed by atoms with E-state index in [1.165, 1.54) is 61.6 Å². The zero-order chi connectivity index (χ0) is 14.8. The lowest BCUT2D eigenvalue weighted by molar-refractivity contribution is 0.453. The van der Waals surface area contributed by atoms with Crippen LogP contribution < -0.4 is 5.32 Å². The second kappa shape index (κ2) is 9.99. The highest BCUT2D eigenvalue weighted by atomic mass is 14.9. The summed E-state index contributed by atoms with van der Waals surface area (Å²) in [4.78, 5) is 0. The summed E-state index contributed by atoms with van der Waals surface area (Å²) in [6, 6.07) is 7.57. The van der Waals surface area contributed by atoms with Gasteiger partial charge in [0.25, 0.3) is 0 Å². The molecule has 0 fully saturated rings. The Bertz CT molecular complexity index is 370. The van der Waals surface area contributed by atoms with Gasteiger partial charge in [-0.2, -0.15) is 0 Å². The summed E-state index contributed by atoms with van der Waals surface area (Å²) in [5.74, 6) is 0. The minimum atomic E-state index is 0.647. The fourth-order valence-electron chi connectivity index (χ4n) is 2.66. The van der Waals surface area contributed by atoms with Crippen LogP contribution in [0.5, 0.6) is 0 Å². The van der Waals surface area contributed by atoms with Crippen LogP contribution in [0, 0.1) is 13.8 Å². The van der Waals surface area contributed by atoms with Crippen molar-refractivity contribution in [1.29, 1.82) is 0 Å². The highest BCUT2D eigenvalue weighted by Gasteiger charge is 2.09. The standard InChI is InChI=1S/C19H33N/c1-5-7-8-9-10-19(20-13-6-2)15-18-12-11-16(3)17(4)14-18/h11-12,14,19-20H,5-10,13,15H2,1-4H3. The lowest BCUT2D eigenvalue weighted by atomic mass is 9.97. The Morgan fingerprint density at radius 1 is 0.950 bits per heavy atom. The predicted octanol–water partition coefficient (Wildman–Crippen LogP) is 5.18. The first kappa shape index (κ1) is 17.2. The van der Waals surface area contributed by atoms with Crippen molar-refractivity contribution in [3.8, 4) is 0 Å². The summed E-state index contributed by atoms with van der Waals surface area (Å²) >= 11 is 0. The second-order valence-corrected chi connectivity index (χ2v) is 6.12. The number of benzene rings is 1. The Kier molecular flexibility index (Phi) is 8.60. The van der Waals surface area contributed by atoms with Crippen molar-refractivity contribution in [2.45, 2.75) is 78.7 Å². The van der Waals surface area contributed by atoms with Gasteiger partial charge in [-0.3, -0.25) is 0 Å². The molecule has 1 aromatic rings. The molecule has 1 rings (SSSR count). The first-order valence-electron chi connectivity index (χ1n) is 8.46. The first-order chi connectivity index (χ1) is 9.67. The molecule has 1 N–H and O–H groups in total. The van der Waals surface area contributed by atoms with Gasteiger partial charge in [-0.15, -0.1) is 0 Å². The Labute approximate surface area is 126 Å². The van der Waals surface area contributed by atoms with Crippen molar-refractivity contribution >= 4 is 0 Å². The minimum Gasteiger partial charge on any atom is -0.314 e. The van der Waals surface area contributed by atoms with Gasteiger partial charge >= 0.3 is 0 Å². The van der Waals surface area contributed by atoms with Crippen molar-refractivity contribution in [1.82, 2.24) is 5.32 Å². The summed E-state index contributed by atoms with van der Waals surface area (Å²) in [6.07, 6.45) is 9.15. The lowest BCUT2D eigenvalue weighted by Gasteiger charge is -2.19. The monoisotopic (exact) mass is 275 g/mol. The van der Waals surface area contributed by atoms with Crippen molar-refractivity contribution < 1.29 is 0 Å². The van der Waals surface area contributed by atoms with Crippen molar-refractivity contribution in [3.63, 3.8) is 0 Å². The van der Waals surface area contributed by atoms with Crippen LogP contribution in [0.2, 0.25) is 0 Å². The largest absolute Gasteiger partial charge is 0.314 e. The van der Waals surface area contributed by atoms with E-state index in [0.29, 0.717) is 6.04 Å². The van der Waals surface area contributed by atoms with Gasteiger partial charge in [0, 0.05) is 6.04 Å². The van der Waals surface area contributed by atoms with Crippen molar-refractivity contribution in [2.75, 3.05) is 6.54 Å². The van der Waals surface area contributed by atoms with Gasteiger partial charge in [-0.1, -0.05) is 57.7 Å². The zero-order valence-corrected chi connectivity index (χ0v) is 14.0. The summed E-state index contributed by atoms with van der Waals surface area (Å²) in [5, 5.41) is 3.73. The smallest absolute Gasteiger partial charge is 0.0107 e. The number of rotatable bonds is 10. The van der Waals surface area contributed by atoms with Crippen molar-refractivity contribution in [2.24, 2.45) is 0 Å². The zero-order valence-electron chi connectivity index (χ0n) is 14.0. The maximum absolute atomic E-state index is 3.73. The molecule has 0 aromatic heterocycles. The van der Waals surface area contributed by atoms with Crippen LogP contribution in [0.4, 0.5) is 0 Å². The molecule has 0 amide bonds. The quantitative estimate of drug-likeness (QED) is 0.580. The number of aryl methyl sites for hydroxylation is 2. The third-order valence-corrected chi connectivity index (χ3v) is 4.14. The normalized spacial score (nSPS) is 12.6. The highest BCUT2D eigenvalue weighted by Crippen LogP contribution is 2.14. The molecule has 0 aliphatic heterocycles. The molecule has 0 aliphatic carbocycles. The predicted molar refractivity (Wildman–Crippen MR) is 90.5 cm³/mol. The molecular formula is C19H33N. The van der Waals surface area contributed by atoms with Crippen LogP contribution in [0.1, 0.15) is 69.1 Å². The Morgan fingerprint density at radius 2 is 1.75 bits per heavy atom. The number of unbranched alkanes of at least 4 members (excludes halogenated alkanes) is 3. The molecule has 1 unspecified atom stereocenters. The molecule has 0 bridgehead atoms. The van der Waals surface area contributed by atoms with Gasteiger partial charge in [0.1, 0.15) is 0 Å². The van der Waals surface area contributed by atoms with Crippen LogP contribution >= 0.6 is 0 Å². The van der Waals surface area contributed by atoms with E-state index < -0.39 is 0 Å². The van der Waals surface area contributed by atoms with Crippen LogP contribution in [0.25, 0.3) is 0 Å². The summed E-state index contributed by atoms with van der Waals surface area (Å²) < 4.78 is 0. The molecule has 0 spiro atoms. The van der Waals surface area contributed by atoms with E-state index in [-0.39, 0.29) is 0 Å². The lowest BCUT2D eigenvalue weighted by Crippen LogP contribution is -2.31. The van der Waals surface area contributed by atoms with E-state index in [2.05, 4.69) is 51.2 Å². The number of nitrogens with one attached hydrogen (secondary N) is 1. The van der Waals surface area contributed by atoms with Crippen LogP contribution in [-0.2, 0) is 6.42 Å². The van der Waals surface area contributed by atoms with E-state index in [0.717, 1.165) is 6.54 Å².